The summed E-state index contributed by atoms with van der Waals surface area (Å²) in [5.74, 6) is 0.864. The highest BCUT2D eigenvalue weighted by atomic mass is 35.5. The molecule has 39 heavy (non-hydrogen) atoms. The molecule has 0 radical (unpaired) electrons. The van der Waals surface area contributed by atoms with Crippen LogP contribution in [0.5, 0.6) is 11.5 Å². The number of thiophene rings is 1. The summed E-state index contributed by atoms with van der Waals surface area (Å²) < 4.78 is 16.6. The van der Waals surface area contributed by atoms with Crippen LogP contribution in [0, 0.1) is 0 Å². The smallest absolute Gasteiger partial charge is 0.254 e. The van der Waals surface area contributed by atoms with Crippen molar-refractivity contribution >= 4 is 46.4 Å². The van der Waals surface area contributed by atoms with Crippen molar-refractivity contribution < 1.29 is 23.8 Å². The van der Waals surface area contributed by atoms with Gasteiger partial charge in [0.05, 0.1) is 36.9 Å². The summed E-state index contributed by atoms with van der Waals surface area (Å²) in [6.07, 6.45) is 2.28. The Morgan fingerprint density at radius 1 is 1.03 bits per heavy atom. The maximum Gasteiger partial charge on any atom is 0.254 e. The van der Waals surface area contributed by atoms with Crippen molar-refractivity contribution in [3.63, 3.8) is 0 Å². The molecule has 7 nitrogen and oxygen atoms in total. The van der Waals surface area contributed by atoms with Gasteiger partial charge in [0.25, 0.3) is 5.91 Å². The number of halogens is 2. The number of nitrogens with zero attached hydrogens (tertiary/aromatic N) is 2. The Balaban J connectivity index is 1.53. The monoisotopic (exact) mass is 590 g/mol. The highest BCUT2D eigenvalue weighted by Gasteiger charge is 2.27. The van der Waals surface area contributed by atoms with E-state index in [1.165, 1.54) is 0 Å². The van der Waals surface area contributed by atoms with Crippen LogP contribution in [-0.4, -0.2) is 68.2 Å². The SMILES string of the molecule is COc1ccc(CCN(Cc2cccs2)C(=O)CN(CC2CCCO2)C(=O)c2ccc(Cl)c(Cl)c2)cc1OC. The summed E-state index contributed by atoms with van der Waals surface area (Å²) in [4.78, 5) is 31.7. The maximum absolute atomic E-state index is 13.8. The van der Waals surface area contributed by atoms with E-state index in [1.54, 1.807) is 53.6 Å². The number of amides is 2. The zero-order chi connectivity index (χ0) is 27.8. The molecule has 208 valence electrons. The van der Waals surface area contributed by atoms with E-state index in [0.29, 0.717) is 59.8 Å². The number of hydrogen-bond acceptors (Lipinski definition) is 6. The van der Waals surface area contributed by atoms with Gasteiger partial charge in [-0.05, 0) is 66.6 Å². The van der Waals surface area contributed by atoms with Crippen LogP contribution < -0.4 is 9.47 Å². The van der Waals surface area contributed by atoms with Crippen LogP contribution in [0.3, 0.4) is 0 Å². The summed E-state index contributed by atoms with van der Waals surface area (Å²) in [5.41, 5.74) is 1.39. The van der Waals surface area contributed by atoms with Crippen LogP contribution in [-0.2, 0) is 22.5 Å². The third kappa shape index (κ3) is 7.88. The lowest BCUT2D eigenvalue weighted by molar-refractivity contribution is -0.132. The second-order valence-corrected chi connectivity index (χ2v) is 11.1. The van der Waals surface area contributed by atoms with E-state index in [9.17, 15) is 9.59 Å². The molecule has 0 bridgehead atoms. The van der Waals surface area contributed by atoms with Crippen LogP contribution in [0.2, 0.25) is 10.0 Å². The Hall–Kier alpha value is -2.78. The molecular weight excluding hydrogens is 559 g/mol. The predicted molar refractivity (Wildman–Crippen MR) is 154 cm³/mol. The fourth-order valence-corrected chi connectivity index (χ4v) is 5.53. The average Bonchev–Trinajstić information content (AvgIpc) is 3.66. The second kappa shape index (κ2) is 14.0. The summed E-state index contributed by atoms with van der Waals surface area (Å²) in [7, 11) is 3.20. The molecule has 1 unspecified atom stereocenters. The quantitative estimate of drug-likeness (QED) is 0.260. The van der Waals surface area contributed by atoms with E-state index in [0.717, 1.165) is 23.3 Å². The number of rotatable bonds is 12. The maximum atomic E-state index is 13.8. The average molecular weight is 592 g/mol. The van der Waals surface area contributed by atoms with Crippen LogP contribution in [0.4, 0.5) is 0 Å². The van der Waals surface area contributed by atoms with Gasteiger partial charge >= 0.3 is 0 Å². The van der Waals surface area contributed by atoms with Crippen molar-refractivity contribution in [3.05, 3.63) is 80.0 Å². The number of benzene rings is 2. The minimum Gasteiger partial charge on any atom is -0.493 e. The van der Waals surface area contributed by atoms with E-state index in [2.05, 4.69) is 0 Å². The lowest BCUT2D eigenvalue weighted by Crippen LogP contribution is -2.45. The summed E-state index contributed by atoms with van der Waals surface area (Å²) in [6, 6.07) is 14.5. The molecule has 1 saturated heterocycles. The first-order valence-electron chi connectivity index (χ1n) is 12.7. The van der Waals surface area contributed by atoms with Crippen molar-refractivity contribution in [1.29, 1.82) is 0 Å². The van der Waals surface area contributed by atoms with Gasteiger partial charge in [0, 0.05) is 30.1 Å². The molecular formula is C29H32Cl2N2O5S. The molecule has 0 spiro atoms. The van der Waals surface area contributed by atoms with Crippen molar-refractivity contribution in [2.24, 2.45) is 0 Å². The first-order chi connectivity index (χ1) is 18.9. The van der Waals surface area contributed by atoms with Gasteiger partial charge in [0.2, 0.25) is 5.91 Å². The van der Waals surface area contributed by atoms with E-state index in [4.69, 9.17) is 37.4 Å². The minimum atomic E-state index is -0.284. The van der Waals surface area contributed by atoms with Crippen molar-refractivity contribution in [3.8, 4) is 11.5 Å². The van der Waals surface area contributed by atoms with Crippen LogP contribution in [0.15, 0.2) is 53.9 Å². The van der Waals surface area contributed by atoms with Crippen molar-refractivity contribution in [2.75, 3.05) is 40.5 Å². The molecule has 1 fully saturated rings. The lowest BCUT2D eigenvalue weighted by atomic mass is 10.1. The summed E-state index contributed by atoms with van der Waals surface area (Å²) in [5, 5.41) is 2.65. The largest absolute Gasteiger partial charge is 0.493 e. The van der Waals surface area contributed by atoms with E-state index < -0.39 is 0 Å². The molecule has 4 rings (SSSR count). The third-order valence-corrected chi connectivity index (χ3v) is 8.23. The fourth-order valence-electron chi connectivity index (χ4n) is 4.51. The fraction of sp³-hybridized carbons (Fsp3) is 0.379. The second-order valence-electron chi connectivity index (χ2n) is 9.28. The third-order valence-electron chi connectivity index (χ3n) is 6.63. The Labute approximate surface area is 243 Å². The molecule has 0 N–H and O–H groups in total. The van der Waals surface area contributed by atoms with Gasteiger partial charge in [-0.3, -0.25) is 9.59 Å². The first-order valence-corrected chi connectivity index (χ1v) is 14.4. The Morgan fingerprint density at radius 3 is 2.51 bits per heavy atom. The van der Waals surface area contributed by atoms with Gasteiger partial charge in [-0.25, -0.2) is 0 Å². The van der Waals surface area contributed by atoms with Gasteiger partial charge in [-0.2, -0.15) is 0 Å². The molecule has 2 amide bonds. The molecule has 1 aliphatic heterocycles. The zero-order valence-corrected chi connectivity index (χ0v) is 24.4. The molecule has 10 heteroatoms. The molecule has 1 aromatic heterocycles. The van der Waals surface area contributed by atoms with Gasteiger partial charge in [-0.15, -0.1) is 11.3 Å². The molecule has 1 atom stereocenters. The molecule has 0 aliphatic carbocycles. The van der Waals surface area contributed by atoms with Gasteiger partial charge < -0.3 is 24.0 Å². The first kappa shape index (κ1) is 29.2. The van der Waals surface area contributed by atoms with Crippen molar-refractivity contribution in [1.82, 2.24) is 9.80 Å². The number of ether oxygens (including phenoxy) is 3. The van der Waals surface area contributed by atoms with Gasteiger partial charge in [0.1, 0.15) is 6.54 Å². The minimum absolute atomic E-state index is 0.0732. The van der Waals surface area contributed by atoms with E-state index in [1.807, 2.05) is 35.7 Å². The number of hydrogen-bond donors (Lipinski definition) is 0. The van der Waals surface area contributed by atoms with Crippen molar-refractivity contribution in [2.45, 2.75) is 31.9 Å². The topological polar surface area (TPSA) is 68.3 Å². The predicted octanol–water partition coefficient (Wildman–Crippen LogP) is 5.96. The highest BCUT2D eigenvalue weighted by Crippen LogP contribution is 2.28. The van der Waals surface area contributed by atoms with E-state index in [-0.39, 0.29) is 24.5 Å². The highest BCUT2D eigenvalue weighted by molar-refractivity contribution is 7.09. The number of carbonyl (C=O) groups is 2. The lowest BCUT2D eigenvalue weighted by Gasteiger charge is -2.29. The molecule has 2 heterocycles. The van der Waals surface area contributed by atoms with E-state index >= 15 is 0 Å². The summed E-state index contributed by atoms with van der Waals surface area (Å²) >= 11 is 13.9. The molecule has 1 aliphatic rings. The Bertz CT molecular complexity index is 1260. The Kier molecular flexibility index (Phi) is 10.5. The standard InChI is InChI=1S/C29H32Cl2N2O5S/c1-36-26-10-7-20(15-27(26)37-2)11-12-32(18-23-6-4-14-39-23)28(34)19-33(17-22-5-3-13-38-22)29(35)21-8-9-24(30)25(31)16-21/h4,6-10,14-16,22H,3,5,11-13,17-19H2,1-2H3. The van der Waals surface area contributed by atoms with Crippen LogP contribution >= 0.6 is 34.5 Å². The Morgan fingerprint density at radius 2 is 1.85 bits per heavy atom. The normalized spacial score (nSPS) is 14.7. The number of carbonyl (C=O) groups excluding carboxylic acids is 2. The number of methoxy groups -OCH3 is 2. The van der Waals surface area contributed by atoms with Crippen LogP contribution in [0.25, 0.3) is 0 Å². The van der Waals surface area contributed by atoms with Gasteiger partial charge in [-0.1, -0.05) is 35.3 Å². The zero-order valence-electron chi connectivity index (χ0n) is 22.0. The van der Waals surface area contributed by atoms with Gasteiger partial charge in [0.15, 0.2) is 11.5 Å². The molecule has 0 saturated carbocycles. The van der Waals surface area contributed by atoms with Crippen LogP contribution in [0.1, 0.15) is 33.6 Å². The summed E-state index contributed by atoms with van der Waals surface area (Å²) in [6.45, 7) is 1.84. The molecule has 2 aromatic carbocycles. The molecule has 3 aromatic rings.